The second-order valence-corrected chi connectivity index (χ2v) is 6.74. The van der Waals surface area contributed by atoms with Crippen LogP contribution in [-0.4, -0.2) is 39.1 Å². The molecule has 21 heavy (non-hydrogen) atoms. The Hall–Kier alpha value is -1.85. The predicted molar refractivity (Wildman–Crippen MR) is 81.1 cm³/mol. The van der Waals surface area contributed by atoms with Crippen LogP contribution in [0.1, 0.15) is 46.3 Å². The third-order valence-electron chi connectivity index (χ3n) is 3.50. The molecule has 1 aromatic heterocycles. The Morgan fingerprint density at radius 3 is 2.90 bits per heavy atom. The summed E-state index contributed by atoms with van der Waals surface area (Å²) in [5.41, 5.74) is 1.58. The van der Waals surface area contributed by atoms with Crippen molar-refractivity contribution in [3.63, 3.8) is 0 Å². The maximum absolute atomic E-state index is 12.1. The van der Waals surface area contributed by atoms with Crippen molar-refractivity contribution in [2.24, 2.45) is 0 Å². The van der Waals surface area contributed by atoms with Crippen LogP contribution in [0.3, 0.4) is 0 Å². The van der Waals surface area contributed by atoms with E-state index in [4.69, 9.17) is 4.74 Å². The highest BCUT2D eigenvalue weighted by Crippen LogP contribution is 2.24. The smallest absolute Gasteiger partial charge is 0.410 e. The second-order valence-electron chi connectivity index (χ2n) is 6.74. The van der Waals surface area contributed by atoms with Gasteiger partial charge in [-0.1, -0.05) is 0 Å². The summed E-state index contributed by atoms with van der Waals surface area (Å²) in [6.45, 7) is 6.79. The number of anilines is 1. The Kier molecular flexibility index (Phi) is 3.47. The number of ether oxygens (including phenoxy) is 1. The lowest BCUT2D eigenvalue weighted by atomic mass is 10.1. The van der Waals surface area contributed by atoms with Gasteiger partial charge in [-0.2, -0.15) is 0 Å². The van der Waals surface area contributed by atoms with E-state index in [0.29, 0.717) is 25.1 Å². The van der Waals surface area contributed by atoms with E-state index in [1.807, 2.05) is 27.0 Å². The van der Waals surface area contributed by atoms with Crippen molar-refractivity contribution < 1.29 is 11.0 Å². The van der Waals surface area contributed by atoms with Gasteiger partial charge in [-0.15, -0.1) is 0 Å². The zero-order chi connectivity index (χ0) is 15.0. The summed E-state index contributed by atoms with van der Waals surface area (Å²) in [5.74, 6) is 0.710. The molecule has 0 unspecified atom stereocenters. The van der Waals surface area contributed by atoms with Crippen molar-refractivity contribution in [2.75, 3.05) is 11.9 Å². The Morgan fingerprint density at radius 1 is 1.48 bits per heavy atom. The number of rotatable bonds is 2. The summed E-state index contributed by atoms with van der Waals surface area (Å²) in [6.07, 6.45) is 4.70. The van der Waals surface area contributed by atoms with E-state index in [0.717, 1.165) is 17.7 Å². The first-order chi connectivity index (χ1) is 9.90. The maximum atomic E-state index is 12.1. The maximum Gasteiger partial charge on any atom is 0.410 e. The molecule has 0 bridgehead atoms. The largest absolute Gasteiger partial charge is 0.444 e. The van der Waals surface area contributed by atoms with Gasteiger partial charge in [0.2, 0.25) is 5.95 Å². The predicted octanol–water partition coefficient (Wildman–Crippen LogP) is 2.59. The van der Waals surface area contributed by atoms with Gasteiger partial charge < -0.3 is 15.0 Å². The van der Waals surface area contributed by atoms with E-state index >= 15 is 0 Å². The molecule has 0 atom stereocenters. The molecule has 6 nitrogen and oxygen atoms in total. The Bertz CT molecular complexity index is 555. The Labute approximate surface area is 126 Å². The van der Waals surface area contributed by atoms with Gasteiger partial charge in [0.25, 0.3) is 0 Å². The monoisotopic (exact) mass is 292 g/mol. The van der Waals surface area contributed by atoms with E-state index in [1.165, 1.54) is 12.8 Å². The minimum atomic E-state index is -0.466. The number of hydrogen-bond acceptors (Lipinski definition) is 5. The van der Waals surface area contributed by atoms with Crippen molar-refractivity contribution in [3.8, 4) is 0 Å². The molecule has 1 saturated carbocycles. The SMILES string of the molecule is CC(C)(C)OC(=O)N1CCc2nc(NC3CC3)ncc2C1.[HH]. The second kappa shape index (κ2) is 5.16. The van der Waals surface area contributed by atoms with Gasteiger partial charge in [0.05, 0.1) is 12.2 Å². The van der Waals surface area contributed by atoms with Crippen molar-refractivity contribution in [1.82, 2.24) is 14.9 Å². The molecule has 1 aromatic rings. The molecular formula is C15H24N4O2. The van der Waals surface area contributed by atoms with Crippen LogP contribution in [0.25, 0.3) is 0 Å². The average Bonchev–Trinajstić information content (AvgIpc) is 3.20. The standard InChI is InChI=1S/C15H22N4O2.H2/c1-15(2,3)21-14(20)19-7-6-12-10(9-19)8-16-13(18-12)17-11-4-5-11;/h8,11H,4-7,9H2,1-3H3,(H,16,17,18);1H. The molecule has 1 amide bonds. The molecule has 1 aliphatic heterocycles. The summed E-state index contributed by atoms with van der Waals surface area (Å²) in [6, 6.07) is 0.546. The van der Waals surface area contributed by atoms with Crippen LogP contribution in [0.15, 0.2) is 6.20 Å². The van der Waals surface area contributed by atoms with Crippen molar-refractivity contribution in [3.05, 3.63) is 17.5 Å². The minimum absolute atomic E-state index is 0. The first-order valence-corrected chi connectivity index (χ1v) is 7.50. The molecule has 6 heteroatoms. The molecule has 0 radical (unpaired) electrons. The van der Waals surface area contributed by atoms with E-state index < -0.39 is 5.60 Å². The van der Waals surface area contributed by atoms with Crippen LogP contribution in [0, 0.1) is 0 Å². The van der Waals surface area contributed by atoms with Gasteiger partial charge in [0.15, 0.2) is 0 Å². The lowest BCUT2D eigenvalue weighted by Gasteiger charge is -2.30. The highest BCUT2D eigenvalue weighted by Gasteiger charge is 2.27. The van der Waals surface area contributed by atoms with E-state index in [9.17, 15) is 4.79 Å². The molecule has 0 aromatic carbocycles. The first kappa shape index (κ1) is 14.1. The Balaban J connectivity index is 0.00000176. The first-order valence-electron chi connectivity index (χ1n) is 7.50. The van der Waals surface area contributed by atoms with Crippen molar-refractivity contribution in [1.29, 1.82) is 0 Å². The van der Waals surface area contributed by atoms with Crippen LogP contribution in [0.4, 0.5) is 10.7 Å². The normalized spacial score (nSPS) is 18.1. The summed E-state index contributed by atoms with van der Waals surface area (Å²) < 4.78 is 5.41. The van der Waals surface area contributed by atoms with Gasteiger partial charge in [0.1, 0.15) is 5.60 Å². The van der Waals surface area contributed by atoms with Gasteiger partial charge in [0, 0.05) is 32.2 Å². The van der Waals surface area contributed by atoms with Gasteiger partial charge in [-0.05, 0) is 33.6 Å². The van der Waals surface area contributed by atoms with E-state index in [1.54, 1.807) is 4.90 Å². The number of aromatic nitrogens is 2. The highest BCUT2D eigenvalue weighted by atomic mass is 16.6. The zero-order valence-corrected chi connectivity index (χ0v) is 12.8. The fourth-order valence-corrected chi connectivity index (χ4v) is 2.28. The zero-order valence-electron chi connectivity index (χ0n) is 12.8. The quantitative estimate of drug-likeness (QED) is 0.907. The molecule has 0 saturated heterocycles. The number of nitrogens with zero attached hydrogens (tertiary/aromatic N) is 3. The molecular weight excluding hydrogens is 268 g/mol. The molecule has 1 N–H and O–H groups in total. The number of amides is 1. The molecule has 1 fully saturated rings. The van der Waals surface area contributed by atoms with E-state index in [-0.39, 0.29) is 7.52 Å². The third-order valence-corrected chi connectivity index (χ3v) is 3.50. The summed E-state index contributed by atoms with van der Waals surface area (Å²) >= 11 is 0. The van der Waals surface area contributed by atoms with Crippen LogP contribution in [0.2, 0.25) is 0 Å². The fourth-order valence-electron chi connectivity index (χ4n) is 2.28. The van der Waals surface area contributed by atoms with E-state index in [2.05, 4.69) is 15.3 Å². The molecule has 1 aliphatic carbocycles. The Morgan fingerprint density at radius 2 is 2.24 bits per heavy atom. The topological polar surface area (TPSA) is 67.3 Å². The number of fused-ring (bicyclic) bond motifs is 1. The van der Waals surface area contributed by atoms with Crippen molar-refractivity contribution in [2.45, 2.75) is 58.2 Å². The summed E-state index contributed by atoms with van der Waals surface area (Å²) in [7, 11) is 0. The summed E-state index contributed by atoms with van der Waals surface area (Å²) in [4.78, 5) is 22.7. The molecule has 116 valence electrons. The van der Waals surface area contributed by atoms with Gasteiger partial charge in [-0.25, -0.2) is 14.8 Å². The van der Waals surface area contributed by atoms with Crippen LogP contribution < -0.4 is 5.32 Å². The number of carbonyl (C=O) groups is 1. The fraction of sp³-hybridized carbons (Fsp3) is 0.667. The lowest BCUT2D eigenvalue weighted by Crippen LogP contribution is -2.40. The van der Waals surface area contributed by atoms with Crippen LogP contribution >= 0.6 is 0 Å². The van der Waals surface area contributed by atoms with Gasteiger partial charge in [-0.3, -0.25) is 0 Å². The third kappa shape index (κ3) is 3.62. The number of carbonyl (C=O) groups excluding carboxylic acids is 1. The lowest BCUT2D eigenvalue weighted by molar-refractivity contribution is 0.0222. The highest BCUT2D eigenvalue weighted by molar-refractivity contribution is 5.68. The summed E-state index contributed by atoms with van der Waals surface area (Å²) in [5, 5.41) is 3.30. The molecule has 3 rings (SSSR count). The van der Waals surface area contributed by atoms with Crippen LogP contribution in [0.5, 0.6) is 0 Å². The van der Waals surface area contributed by atoms with Gasteiger partial charge >= 0.3 is 6.09 Å². The average molecular weight is 292 g/mol. The molecule has 2 heterocycles. The van der Waals surface area contributed by atoms with Crippen molar-refractivity contribution >= 4 is 12.0 Å². The number of nitrogens with one attached hydrogen (secondary N) is 1. The van der Waals surface area contributed by atoms with Crippen LogP contribution in [-0.2, 0) is 17.7 Å². The molecule has 2 aliphatic rings. The minimum Gasteiger partial charge on any atom is -0.444 e. The molecule has 0 spiro atoms. The number of hydrogen-bond donors (Lipinski definition) is 1.